The van der Waals surface area contributed by atoms with Crippen LogP contribution in [0.4, 0.5) is 10.1 Å². The van der Waals surface area contributed by atoms with Gasteiger partial charge >= 0.3 is 5.97 Å². The third-order valence-corrected chi connectivity index (χ3v) is 3.72. The van der Waals surface area contributed by atoms with E-state index in [9.17, 15) is 18.8 Å². The van der Waals surface area contributed by atoms with E-state index in [0.717, 1.165) is 12.1 Å². The van der Waals surface area contributed by atoms with E-state index < -0.39 is 36.8 Å². The predicted molar refractivity (Wildman–Crippen MR) is 94.8 cm³/mol. The Morgan fingerprint density at radius 3 is 2.23 bits per heavy atom. The zero-order valence-electron chi connectivity index (χ0n) is 13.2. The second-order valence-electron chi connectivity index (χ2n) is 5.00. The Balaban J connectivity index is 1.77. The molecule has 0 fully saturated rings. The van der Waals surface area contributed by atoms with Gasteiger partial charge in [-0.3, -0.25) is 14.4 Å². The number of halogens is 3. The van der Waals surface area contributed by atoms with E-state index in [4.69, 9.17) is 27.9 Å². The molecule has 2 amide bonds. The zero-order valence-corrected chi connectivity index (χ0v) is 14.7. The van der Waals surface area contributed by atoms with Gasteiger partial charge in [0.25, 0.3) is 11.8 Å². The molecule has 0 bridgehead atoms. The molecule has 0 aliphatic rings. The normalized spacial score (nSPS) is 10.1. The van der Waals surface area contributed by atoms with Crippen LogP contribution in [0.1, 0.15) is 10.4 Å². The summed E-state index contributed by atoms with van der Waals surface area (Å²) < 4.78 is 17.5. The second kappa shape index (κ2) is 9.17. The minimum atomic E-state index is -0.819. The van der Waals surface area contributed by atoms with E-state index in [1.807, 2.05) is 0 Å². The van der Waals surface area contributed by atoms with Crippen LogP contribution in [0.25, 0.3) is 0 Å². The molecule has 0 unspecified atom stereocenters. The van der Waals surface area contributed by atoms with Gasteiger partial charge in [0.05, 0.1) is 15.7 Å². The number of rotatable bonds is 6. The molecule has 0 aliphatic heterocycles. The highest BCUT2D eigenvalue weighted by molar-refractivity contribution is 6.39. The number of anilines is 1. The predicted octanol–water partition coefficient (Wildman–Crippen LogP) is 3.04. The number of esters is 1. The van der Waals surface area contributed by atoms with Gasteiger partial charge in [0.1, 0.15) is 12.4 Å². The minimum Gasteiger partial charge on any atom is -0.454 e. The van der Waals surface area contributed by atoms with Gasteiger partial charge in [0.2, 0.25) is 0 Å². The van der Waals surface area contributed by atoms with Crippen molar-refractivity contribution >= 4 is 46.7 Å². The molecule has 0 heterocycles. The number of para-hydroxylation sites is 1. The molecule has 0 spiro atoms. The van der Waals surface area contributed by atoms with E-state index in [1.54, 1.807) is 18.2 Å². The molecule has 2 rings (SSSR count). The Bertz CT molecular complexity index is 808. The largest absolute Gasteiger partial charge is 0.454 e. The number of hydrogen-bond donors (Lipinski definition) is 2. The standard InChI is InChI=1S/C17H13Cl2FN2O4/c18-12-2-1-3-13(19)16(12)22-14(23)9-26-15(24)8-21-17(25)10-4-6-11(20)7-5-10/h1-7H,8-9H2,(H,21,25)(H,22,23). The Morgan fingerprint density at radius 2 is 1.62 bits per heavy atom. The molecular formula is C17H13Cl2FN2O4. The van der Waals surface area contributed by atoms with E-state index in [1.165, 1.54) is 12.1 Å². The molecule has 0 aliphatic carbocycles. The lowest BCUT2D eigenvalue weighted by atomic mass is 10.2. The average molecular weight is 399 g/mol. The number of nitrogens with one attached hydrogen (secondary N) is 2. The zero-order chi connectivity index (χ0) is 19.1. The fourth-order valence-corrected chi connectivity index (χ4v) is 2.34. The summed E-state index contributed by atoms with van der Waals surface area (Å²) in [6.45, 7) is -1.02. The van der Waals surface area contributed by atoms with Crippen LogP contribution >= 0.6 is 23.2 Å². The Kier molecular flexibility index (Phi) is 6.94. The molecule has 0 saturated heterocycles. The number of hydrogen-bond acceptors (Lipinski definition) is 4. The summed E-state index contributed by atoms with van der Waals surface area (Å²) in [6, 6.07) is 9.49. The van der Waals surface area contributed by atoms with Crippen molar-refractivity contribution in [1.82, 2.24) is 5.32 Å². The average Bonchev–Trinajstić information content (AvgIpc) is 2.61. The van der Waals surface area contributed by atoms with Crippen molar-refractivity contribution in [3.63, 3.8) is 0 Å². The van der Waals surface area contributed by atoms with Crippen LogP contribution < -0.4 is 10.6 Å². The lowest BCUT2D eigenvalue weighted by Crippen LogP contribution is -2.32. The molecule has 0 aromatic heterocycles. The minimum absolute atomic E-state index is 0.185. The van der Waals surface area contributed by atoms with Gasteiger partial charge in [-0.05, 0) is 36.4 Å². The first-order valence-corrected chi connectivity index (χ1v) is 8.05. The fourth-order valence-electron chi connectivity index (χ4n) is 1.85. The summed E-state index contributed by atoms with van der Waals surface area (Å²) in [5, 5.41) is 5.21. The van der Waals surface area contributed by atoms with Crippen molar-refractivity contribution in [2.75, 3.05) is 18.5 Å². The lowest BCUT2D eigenvalue weighted by molar-refractivity contribution is -0.146. The van der Waals surface area contributed by atoms with Gasteiger partial charge in [0.15, 0.2) is 6.61 Å². The van der Waals surface area contributed by atoms with Gasteiger partial charge in [-0.15, -0.1) is 0 Å². The van der Waals surface area contributed by atoms with Crippen LogP contribution in [-0.2, 0) is 14.3 Å². The topological polar surface area (TPSA) is 84.5 Å². The summed E-state index contributed by atoms with van der Waals surface area (Å²) >= 11 is 11.8. The molecule has 2 aromatic rings. The molecule has 26 heavy (non-hydrogen) atoms. The molecule has 0 atom stereocenters. The Hall–Kier alpha value is -2.64. The first-order valence-electron chi connectivity index (χ1n) is 7.30. The first kappa shape index (κ1) is 19.7. The fraction of sp³-hybridized carbons (Fsp3) is 0.118. The van der Waals surface area contributed by atoms with Crippen LogP contribution in [0.2, 0.25) is 10.0 Å². The van der Waals surface area contributed by atoms with Crippen LogP contribution in [0.3, 0.4) is 0 Å². The van der Waals surface area contributed by atoms with E-state index in [0.29, 0.717) is 0 Å². The van der Waals surface area contributed by atoms with Crippen molar-refractivity contribution in [2.45, 2.75) is 0 Å². The van der Waals surface area contributed by atoms with Gasteiger partial charge in [-0.2, -0.15) is 0 Å². The van der Waals surface area contributed by atoms with Crippen molar-refractivity contribution in [2.24, 2.45) is 0 Å². The summed E-state index contributed by atoms with van der Waals surface area (Å²) in [4.78, 5) is 35.1. The molecule has 2 N–H and O–H groups in total. The van der Waals surface area contributed by atoms with Crippen LogP contribution in [0.5, 0.6) is 0 Å². The molecule has 0 radical (unpaired) electrons. The van der Waals surface area contributed by atoms with Gasteiger partial charge < -0.3 is 15.4 Å². The number of carbonyl (C=O) groups excluding carboxylic acids is 3. The van der Waals surface area contributed by atoms with E-state index >= 15 is 0 Å². The third-order valence-electron chi connectivity index (χ3n) is 3.09. The van der Waals surface area contributed by atoms with Crippen molar-refractivity contribution in [1.29, 1.82) is 0 Å². The van der Waals surface area contributed by atoms with Gasteiger partial charge in [-0.1, -0.05) is 29.3 Å². The maximum atomic E-state index is 12.8. The second-order valence-corrected chi connectivity index (χ2v) is 5.81. The van der Waals surface area contributed by atoms with E-state index in [-0.39, 0.29) is 21.3 Å². The number of amides is 2. The highest BCUT2D eigenvalue weighted by Crippen LogP contribution is 2.29. The first-order chi connectivity index (χ1) is 12.4. The number of benzene rings is 2. The molecule has 0 saturated carbocycles. The van der Waals surface area contributed by atoms with Crippen molar-refractivity contribution in [3.05, 3.63) is 63.9 Å². The quantitative estimate of drug-likeness (QED) is 0.732. The Morgan fingerprint density at radius 1 is 1.00 bits per heavy atom. The van der Waals surface area contributed by atoms with Gasteiger partial charge in [-0.25, -0.2) is 4.39 Å². The number of carbonyl (C=O) groups is 3. The van der Waals surface area contributed by atoms with Crippen molar-refractivity contribution < 1.29 is 23.5 Å². The van der Waals surface area contributed by atoms with E-state index in [2.05, 4.69) is 10.6 Å². The molecule has 9 heteroatoms. The SMILES string of the molecule is O=C(COC(=O)CNC(=O)c1ccc(F)cc1)Nc1c(Cl)cccc1Cl. The smallest absolute Gasteiger partial charge is 0.325 e. The van der Waals surface area contributed by atoms with Crippen LogP contribution in [-0.4, -0.2) is 30.9 Å². The maximum Gasteiger partial charge on any atom is 0.325 e. The summed E-state index contributed by atoms with van der Waals surface area (Å²) in [6.07, 6.45) is 0. The summed E-state index contributed by atoms with van der Waals surface area (Å²) in [5.41, 5.74) is 0.395. The van der Waals surface area contributed by atoms with Gasteiger partial charge in [0, 0.05) is 5.56 Å². The summed E-state index contributed by atoms with van der Waals surface area (Å²) in [7, 11) is 0. The molecular weight excluding hydrogens is 386 g/mol. The monoisotopic (exact) mass is 398 g/mol. The maximum absolute atomic E-state index is 12.8. The third kappa shape index (κ3) is 5.72. The van der Waals surface area contributed by atoms with Crippen molar-refractivity contribution in [3.8, 4) is 0 Å². The highest BCUT2D eigenvalue weighted by atomic mass is 35.5. The van der Waals surface area contributed by atoms with Crippen LogP contribution in [0, 0.1) is 5.82 Å². The molecule has 6 nitrogen and oxygen atoms in total. The summed E-state index contributed by atoms with van der Waals surface area (Å²) in [5.74, 6) is -2.51. The lowest BCUT2D eigenvalue weighted by Gasteiger charge is -2.10. The molecule has 2 aromatic carbocycles. The number of ether oxygens (including phenoxy) is 1. The molecule has 136 valence electrons. The van der Waals surface area contributed by atoms with Crippen LogP contribution in [0.15, 0.2) is 42.5 Å². The Labute approximate surface area is 158 Å². The highest BCUT2D eigenvalue weighted by Gasteiger charge is 2.13.